The molecule has 1 aromatic heterocycles. The summed E-state index contributed by atoms with van der Waals surface area (Å²) in [5.41, 5.74) is 3.25. The molecule has 3 rings (SSSR count). The van der Waals surface area contributed by atoms with Gasteiger partial charge < -0.3 is 4.42 Å². The summed E-state index contributed by atoms with van der Waals surface area (Å²) < 4.78 is 5.71. The summed E-state index contributed by atoms with van der Waals surface area (Å²) in [5, 5.41) is 0. The molecule has 0 N–H and O–H groups in total. The van der Waals surface area contributed by atoms with E-state index < -0.39 is 0 Å². The maximum absolute atomic E-state index is 5.71. The third-order valence-electron chi connectivity index (χ3n) is 3.29. The summed E-state index contributed by atoms with van der Waals surface area (Å²) in [7, 11) is 0. The zero-order valence-corrected chi connectivity index (χ0v) is 10.9. The van der Waals surface area contributed by atoms with Crippen LogP contribution in [0.25, 0.3) is 11.1 Å². The van der Waals surface area contributed by atoms with E-state index in [4.69, 9.17) is 4.42 Å². The number of aromatic nitrogens is 1. The molecule has 2 aromatic carbocycles. The van der Waals surface area contributed by atoms with Crippen LogP contribution in [0.2, 0.25) is 0 Å². The molecule has 2 nitrogen and oxygen atoms in total. The van der Waals surface area contributed by atoms with E-state index in [0.717, 1.165) is 36.3 Å². The van der Waals surface area contributed by atoms with Crippen LogP contribution in [-0.2, 0) is 12.8 Å². The van der Waals surface area contributed by atoms with Gasteiger partial charge in [0.05, 0.1) is 0 Å². The fourth-order valence-corrected chi connectivity index (χ4v) is 2.28. The summed E-state index contributed by atoms with van der Waals surface area (Å²) in [6.07, 6.45) is 4.33. The Balaban J connectivity index is 1.52. The largest absolute Gasteiger partial charge is 0.441 e. The Morgan fingerprint density at radius 3 is 2.37 bits per heavy atom. The number of hydrogen-bond acceptors (Lipinski definition) is 2. The topological polar surface area (TPSA) is 26.0 Å². The van der Waals surface area contributed by atoms with Gasteiger partial charge in [-0.25, -0.2) is 4.98 Å². The fourth-order valence-electron chi connectivity index (χ4n) is 2.28. The Labute approximate surface area is 113 Å². The molecule has 0 amide bonds. The first-order valence-corrected chi connectivity index (χ1v) is 6.80. The lowest BCUT2D eigenvalue weighted by atomic mass is 10.1. The Morgan fingerprint density at radius 1 is 0.789 bits per heavy atom. The SMILES string of the molecule is c1ccc(CCCCc2nc3ccccc3o2)cc1. The smallest absolute Gasteiger partial charge is 0.195 e. The highest BCUT2D eigenvalue weighted by molar-refractivity contribution is 5.72. The van der Waals surface area contributed by atoms with E-state index in [1.807, 2.05) is 24.3 Å². The van der Waals surface area contributed by atoms with Gasteiger partial charge in [0.15, 0.2) is 11.5 Å². The zero-order valence-electron chi connectivity index (χ0n) is 10.9. The number of para-hydroxylation sites is 2. The quantitative estimate of drug-likeness (QED) is 0.628. The van der Waals surface area contributed by atoms with Crippen LogP contribution in [0, 0.1) is 0 Å². The summed E-state index contributed by atoms with van der Waals surface area (Å²) in [4.78, 5) is 4.49. The average Bonchev–Trinajstić information content (AvgIpc) is 2.87. The molecule has 1 heterocycles. The van der Waals surface area contributed by atoms with Gasteiger partial charge in [-0.3, -0.25) is 0 Å². The first-order valence-electron chi connectivity index (χ1n) is 6.80. The van der Waals surface area contributed by atoms with E-state index >= 15 is 0 Å². The van der Waals surface area contributed by atoms with E-state index in [-0.39, 0.29) is 0 Å². The second-order valence-electron chi connectivity index (χ2n) is 4.77. The lowest BCUT2D eigenvalue weighted by molar-refractivity contribution is 0.514. The summed E-state index contributed by atoms with van der Waals surface area (Å²) >= 11 is 0. The molecular weight excluding hydrogens is 234 g/mol. The molecule has 0 fully saturated rings. The van der Waals surface area contributed by atoms with Crippen molar-refractivity contribution in [3.8, 4) is 0 Å². The fraction of sp³-hybridized carbons (Fsp3) is 0.235. The molecule has 0 aliphatic rings. The Kier molecular flexibility index (Phi) is 3.59. The Bertz CT molecular complexity index is 609. The maximum Gasteiger partial charge on any atom is 0.195 e. The molecule has 96 valence electrons. The predicted octanol–water partition coefficient (Wildman–Crippen LogP) is 4.39. The number of oxazole rings is 1. The molecule has 0 radical (unpaired) electrons. The van der Waals surface area contributed by atoms with Gasteiger partial charge in [0, 0.05) is 6.42 Å². The predicted molar refractivity (Wildman–Crippen MR) is 77.1 cm³/mol. The highest BCUT2D eigenvalue weighted by atomic mass is 16.3. The second kappa shape index (κ2) is 5.70. The molecule has 0 spiro atoms. The van der Waals surface area contributed by atoms with Gasteiger partial charge in [-0.05, 0) is 37.0 Å². The molecule has 0 unspecified atom stereocenters. The highest BCUT2D eigenvalue weighted by Gasteiger charge is 2.04. The third kappa shape index (κ3) is 3.02. The first kappa shape index (κ1) is 12.0. The molecule has 0 aliphatic heterocycles. The van der Waals surface area contributed by atoms with Crippen molar-refractivity contribution in [2.75, 3.05) is 0 Å². The Hall–Kier alpha value is -2.09. The number of nitrogens with zero attached hydrogens (tertiary/aromatic N) is 1. The molecule has 2 heteroatoms. The van der Waals surface area contributed by atoms with Crippen LogP contribution in [-0.4, -0.2) is 4.98 Å². The molecule has 0 saturated heterocycles. The number of fused-ring (bicyclic) bond motifs is 1. The number of unbranched alkanes of at least 4 members (excludes halogenated alkanes) is 1. The molecule has 19 heavy (non-hydrogen) atoms. The van der Waals surface area contributed by atoms with Crippen LogP contribution in [0.1, 0.15) is 24.3 Å². The van der Waals surface area contributed by atoms with Gasteiger partial charge in [-0.15, -0.1) is 0 Å². The first-order chi connectivity index (χ1) is 9.42. The van der Waals surface area contributed by atoms with Gasteiger partial charge in [-0.1, -0.05) is 42.5 Å². The highest BCUT2D eigenvalue weighted by Crippen LogP contribution is 2.16. The van der Waals surface area contributed by atoms with Crippen molar-refractivity contribution in [3.63, 3.8) is 0 Å². The van der Waals surface area contributed by atoms with Crippen LogP contribution < -0.4 is 0 Å². The lowest BCUT2D eigenvalue weighted by Crippen LogP contribution is -1.89. The van der Waals surface area contributed by atoms with Crippen molar-refractivity contribution in [2.45, 2.75) is 25.7 Å². The van der Waals surface area contributed by atoms with E-state index in [1.165, 1.54) is 12.0 Å². The maximum atomic E-state index is 5.71. The summed E-state index contributed by atoms with van der Waals surface area (Å²) in [6.45, 7) is 0. The summed E-state index contributed by atoms with van der Waals surface area (Å²) in [6, 6.07) is 18.5. The molecular formula is C17H17NO. The van der Waals surface area contributed by atoms with Crippen LogP contribution in [0.15, 0.2) is 59.0 Å². The number of benzene rings is 2. The van der Waals surface area contributed by atoms with Crippen molar-refractivity contribution in [1.82, 2.24) is 4.98 Å². The normalized spacial score (nSPS) is 10.9. The van der Waals surface area contributed by atoms with Gasteiger partial charge in [0.2, 0.25) is 0 Å². The van der Waals surface area contributed by atoms with E-state index in [2.05, 4.69) is 35.3 Å². The van der Waals surface area contributed by atoms with E-state index in [1.54, 1.807) is 0 Å². The molecule has 0 bridgehead atoms. The number of hydrogen-bond donors (Lipinski definition) is 0. The van der Waals surface area contributed by atoms with E-state index in [0.29, 0.717) is 0 Å². The van der Waals surface area contributed by atoms with Crippen molar-refractivity contribution < 1.29 is 4.42 Å². The molecule has 0 aliphatic carbocycles. The molecule has 3 aromatic rings. The van der Waals surface area contributed by atoms with Gasteiger partial charge >= 0.3 is 0 Å². The molecule has 0 saturated carbocycles. The third-order valence-corrected chi connectivity index (χ3v) is 3.29. The minimum absolute atomic E-state index is 0.856. The van der Waals surface area contributed by atoms with Crippen molar-refractivity contribution in [3.05, 3.63) is 66.1 Å². The van der Waals surface area contributed by atoms with Crippen LogP contribution in [0.4, 0.5) is 0 Å². The summed E-state index contributed by atoms with van der Waals surface area (Å²) in [5.74, 6) is 0.856. The van der Waals surface area contributed by atoms with Crippen molar-refractivity contribution in [2.24, 2.45) is 0 Å². The molecule has 0 atom stereocenters. The van der Waals surface area contributed by atoms with E-state index in [9.17, 15) is 0 Å². The average molecular weight is 251 g/mol. The zero-order chi connectivity index (χ0) is 12.9. The lowest BCUT2D eigenvalue weighted by Gasteiger charge is -1.99. The minimum atomic E-state index is 0.856. The van der Waals surface area contributed by atoms with Gasteiger partial charge in [0.25, 0.3) is 0 Å². The second-order valence-corrected chi connectivity index (χ2v) is 4.77. The van der Waals surface area contributed by atoms with Crippen LogP contribution in [0.3, 0.4) is 0 Å². The number of rotatable bonds is 5. The van der Waals surface area contributed by atoms with Gasteiger partial charge in [-0.2, -0.15) is 0 Å². The minimum Gasteiger partial charge on any atom is -0.441 e. The van der Waals surface area contributed by atoms with Crippen molar-refractivity contribution in [1.29, 1.82) is 0 Å². The number of aryl methyl sites for hydroxylation is 2. The van der Waals surface area contributed by atoms with Crippen molar-refractivity contribution >= 4 is 11.1 Å². The Morgan fingerprint density at radius 2 is 1.53 bits per heavy atom. The van der Waals surface area contributed by atoms with Gasteiger partial charge in [0.1, 0.15) is 5.52 Å². The van der Waals surface area contributed by atoms with Crippen LogP contribution >= 0.6 is 0 Å². The standard InChI is InChI=1S/C17H17NO/c1-2-8-14(9-3-1)10-4-7-13-17-18-15-11-5-6-12-16(15)19-17/h1-3,5-6,8-9,11-12H,4,7,10,13H2. The monoisotopic (exact) mass is 251 g/mol. The van der Waals surface area contributed by atoms with Crippen LogP contribution in [0.5, 0.6) is 0 Å².